The van der Waals surface area contributed by atoms with Gasteiger partial charge in [-0.3, -0.25) is 0 Å². The van der Waals surface area contributed by atoms with Gasteiger partial charge in [-0.1, -0.05) is 49.7 Å². The lowest BCUT2D eigenvalue weighted by atomic mass is 10.1. The zero-order valence-corrected chi connectivity index (χ0v) is 13.0. The van der Waals surface area contributed by atoms with Crippen LogP contribution < -0.4 is 5.32 Å². The molecular weight excluding hydrogens is 272 g/mol. The second kappa shape index (κ2) is 6.86. The zero-order chi connectivity index (χ0) is 14.5. The van der Waals surface area contributed by atoms with Crippen LogP contribution in [0.3, 0.4) is 0 Å². The number of hydrogen-bond acceptors (Lipinski definition) is 3. The summed E-state index contributed by atoms with van der Waals surface area (Å²) in [6.45, 7) is 8.01. The van der Waals surface area contributed by atoms with Crippen LogP contribution in [0, 0.1) is 0 Å². The Bertz CT molecular complexity index is 563. The first-order valence-electron chi connectivity index (χ1n) is 7.02. The first-order valence-corrected chi connectivity index (χ1v) is 7.40. The van der Waals surface area contributed by atoms with E-state index < -0.39 is 0 Å². The van der Waals surface area contributed by atoms with Gasteiger partial charge in [-0.25, -0.2) is 4.68 Å². The van der Waals surface area contributed by atoms with Crippen molar-refractivity contribution in [3.63, 3.8) is 0 Å². The van der Waals surface area contributed by atoms with Crippen LogP contribution in [-0.4, -0.2) is 21.0 Å². The van der Waals surface area contributed by atoms with Crippen molar-refractivity contribution in [3.05, 3.63) is 35.0 Å². The van der Waals surface area contributed by atoms with E-state index in [0.717, 1.165) is 41.4 Å². The van der Waals surface area contributed by atoms with Crippen molar-refractivity contribution in [1.29, 1.82) is 0 Å². The van der Waals surface area contributed by atoms with E-state index in [4.69, 9.17) is 11.6 Å². The fourth-order valence-electron chi connectivity index (χ4n) is 2.02. The second-order valence-corrected chi connectivity index (χ2v) is 5.59. The molecule has 1 aromatic carbocycles. The van der Waals surface area contributed by atoms with Gasteiger partial charge in [0.25, 0.3) is 0 Å². The summed E-state index contributed by atoms with van der Waals surface area (Å²) in [6.07, 6.45) is 2.81. The lowest BCUT2D eigenvalue weighted by molar-refractivity contribution is 0.584. The SMILES string of the molecule is CCCn1nncc1-c1ccc(CNC(C)C)c(Cl)c1. The van der Waals surface area contributed by atoms with Crippen molar-refractivity contribution in [2.45, 2.75) is 46.3 Å². The number of nitrogens with one attached hydrogen (secondary N) is 1. The molecule has 1 aromatic heterocycles. The van der Waals surface area contributed by atoms with Gasteiger partial charge in [0, 0.05) is 29.7 Å². The molecule has 0 atom stereocenters. The highest BCUT2D eigenvalue weighted by Gasteiger charge is 2.09. The predicted octanol–water partition coefficient (Wildman–Crippen LogP) is 3.51. The summed E-state index contributed by atoms with van der Waals surface area (Å²) in [6, 6.07) is 6.58. The Balaban J connectivity index is 2.22. The molecule has 0 unspecified atom stereocenters. The highest BCUT2D eigenvalue weighted by atomic mass is 35.5. The topological polar surface area (TPSA) is 42.7 Å². The maximum atomic E-state index is 6.37. The highest BCUT2D eigenvalue weighted by Crippen LogP contribution is 2.25. The van der Waals surface area contributed by atoms with Crippen molar-refractivity contribution < 1.29 is 0 Å². The third-order valence-electron chi connectivity index (χ3n) is 3.10. The van der Waals surface area contributed by atoms with E-state index >= 15 is 0 Å². The van der Waals surface area contributed by atoms with Crippen molar-refractivity contribution in [2.24, 2.45) is 0 Å². The number of rotatable bonds is 6. The Kier molecular flexibility index (Phi) is 5.15. The minimum Gasteiger partial charge on any atom is -0.310 e. The van der Waals surface area contributed by atoms with Crippen molar-refractivity contribution >= 4 is 11.6 Å². The summed E-state index contributed by atoms with van der Waals surface area (Å²) >= 11 is 6.37. The maximum absolute atomic E-state index is 6.37. The van der Waals surface area contributed by atoms with Crippen LogP contribution in [0.25, 0.3) is 11.3 Å². The first-order chi connectivity index (χ1) is 9.61. The van der Waals surface area contributed by atoms with Gasteiger partial charge in [0.05, 0.1) is 11.9 Å². The standard InChI is InChI=1S/C15H21ClN4/c1-4-7-20-15(10-18-19-20)12-5-6-13(14(16)8-12)9-17-11(2)3/h5-6,8,10-11,17H,4,7,9H2,1-3H3. The van der Waals surface area contributed by atoms with E-state index in [1.807, 2.05) is 10.7 Å². The van der Waals surface area contributed by atoms with Gasteiger partial charge in [-0.05, 0) is 18.1 Å². The van der Waals surface area contributed by atoms with E-state index in [2.05, 4.69) is 48.5 Å². The number of hydrogen-bond donors (Lipinski definition) is 1. The Morgan fingerprint density at radius 3 is 2.80 bits per heavy atom. The summed E-state index contributed by atoms with van der Waals surface area (Å²) in [5.41, 5.74) is 3.18. The molecule has 0 radical (unpaired) electrons. The van der Waals surface area contributed by atoms with Crippen LogP contribution in [0.15, 0.2) is 24.4 Å². The van der Waals surface area contributed by atoms with Crippen LogP contribution >= 0.6 is 11.6 Å². The molecule has 0 fully saturated rings. The molecule has 0 saturated heterocycles. The molecule has 108 valence electrons. The second-order valence-electron chi connectivity index (χ2n) is 5.18. The Hall–Kier alpha value is -1.39. The van der Waals surface area contributed by atoms with E-state index in [1.165, 1.54) is 0 Å². The molecule has 0 saturated carbocycles. The molecule has 2 rings (SSSR count). The van der Waals surface area contributed by atoms with Gasteiger partial charge in [0.1, 0.15) is 0 Å². The molecule has 0 aliphatic carbocycles. The fraction of sp³-hybridized carbons (Fsp3) is 0.467. The molecule has 0 amide bonds. The maximum Gasteiger partial charge on any atom is 0.0886 e. The third-order valence-corrected chi connectivity index (χ3v) is 3.45. The molecule has 1 N–H and O–H groups in total. The molecule has 0 aliphatic heterocycles. The summed E-state index contributed by atoms with van der Waals surface area (Å²) < 4.78 is 1.91. The molecule has 4 nitrogen and oxygen atoms in total. The molecule has 1 heterocycles. The summed E-state index contributed by atoms with van der Waals surface area (Å²) in [5, 5.41) is 12.2. The monoisotopic (exact) mass is 292 g/mol. The van der Waals surface area contributed by atoms with Crippen LogP contribution in [0.5, 0.6) is 0 Å². The highest BCUT2D eigenvalue weighted by molar-refractivity contribution is 6.31. The third kappa shape index (κ3) is 3.58. The number of halogens is 1. The minimum atomic E-state index is 0.445. The van der Waals surface area contributed by atoms with Crippen molar-refractivity contribution in [1.82, 2.24) is 20.3 Å². The molecule has 20 heavy (non-hydrogen) atoms. The van der Waals surface area contributed by atoms with Gasteiger partial charge in [0.2, 0.25) is 0 Å². The predicted molar refractivity (Wildman–Crippen MR) is 82.7 cm³/mol. The quantitative estimate of drug-likeness (QED) is 0.886. The fourth-order valence-corrected chi connectivity index (χ4v) is 2.27. The summed E-state index contributed by atoms with van der Waals surface area (Å²) in [5.74, 6) is 0. The molecule has 0 aliphatic rings. The van der Waals surface area contributed by atoms with Gasteiger partial charge in [-0.15, -0.1) is 5.10 Å². The summed E-state index contributed by atoms with van der Waals surface area (Å²) in [4.78, 5) is 0. The summed E-state index contributed by atoms with van der Waals surface area (Å²) in [7, 11) is 0. The van der Waals surface area contributed by atoms with Crippen LogP contribution in [0.4, 0.5) is 0 Å². The van der Waals surface area contributed by atoms with Crippen molar-refractivity contribution in [2.75, 3.05) is 0 Å². The smallest absolute Gasteiger partial charge is 0.0886 e. The Morgan fingerprint density at radius 1 is 1.35 bits per heavy atom. The number of aryl methyl sites for hydroxylation is 1. The Morgan fingerprint density at radius 2 is 2.15 bits per heavy atom. The number of aromatic nitrogens is 3. The lowest BCUT2D eigenvalue weighted by Crippen LogP contribution is -2.21. The average molecular weight is 293 g/mol. The van der Waals surface area contributed by atoms with E-state index in [0.29, 0.717) is 6.04 Å². The number of nitrogens with zero attached hydrogens (tertiary/aromatic N) is 3. The lowest BCUT2D eigenvalue weighted by Gasteiger charge is -2.11. The van der Waals surface area contributed by atoms with E-state index in [-0.39, 0.29) is 0 Å². The normalized spacial score (nSPS) is 11.2. The van der Waals surface area contributed by atoms with Gasteiger partial charge in [0.15, 0.2) is 0 Å². The molecule has 0 bridgehead atoms. The van der Waals surface area contributed by atoms with Crippen LogP contribution in [-0.2, 0) is 13.1 Å². The largest absolute Gasteiger partial charge is 0.310 e. The van der Waals surface area contributed by atoms with Gasteiger partial charge in [-0.2, -0.15) is 0 Å². The number of benzene rings is 1. The van der Waals surface area contributed by atoms with Gasteiger partial charge < -0.3 is 5.32 Å². The molecule has 5 heteroatoms. The zero-order valence-electron chi connectivity index (χ0n) is 12.2. The Labute approximate surface area is 125 Å². The van der Waals surface area contributed by atoms with Crippen molar-refractivity contribution in [3.8, 4) is 11.3 Å². The molecule has 0 spiro atoms. The minimum absolute atomic E-state index is 0.445. The van der Waals surface area contributed by atoms with E-state index in [1.54, 1.807) is 6.20 Å². The molecule has 2 aromatic rings. The van der Waals surface area contributed by atoms with E-state index in [9.17, 15) is 0 Å². The van der Waals surface area contributed by atoms with Gasteiger partial charge >= 0.3 is 0 Å². The van der Waals surface area contributed by atoms with Crippen LogP contribution in [0.1, 0.15) is 32.8 Å². The first kappa shape index (κ1) is 15.0. The molecular formula is C15H21ClN4. The average Bonchev–Trinajstić information content (AvgIpc) is 2.86. The van der Waals surface area contributed by atoms with Crippen LogP contribution in [0.2, 0.25) is 5.02 Å².